The average Bonchev–Trinajstić information content (AvgIpc) is 3.54. The van der Waals surface area contributed by atoms with Crippen LogP contribution in [0, 0.1) is 0 Å². The summed E-state index contributed by atoms with van der Waals surface area (Å²) in [5.74, 6) is 1.09. The van der Waals surface area contributed by atoms with Crippen molar-refractivity contribution in [1.29, 1.82) is 0 Å². The number of benzene rings is 4. The molecule has 0 spiro atoms. The van der Waals surface area contributed by atoms with Crippen molar-refractivity contribution in [3.63, 3.8) is 0 Å². The van der Waals surface area contributed by atoms with Crippen molar-refractivity contribution in [2.75, 3.05) is 6.61 Å². The number of aryl methyl sites for hydroxylation is 2. The number of rotatable bonds is 3. The fourth-order valence-corrected chi connectivity index (χ4v) is 6.99. The molecule has 7 rings (SSSR count). The Labute approximate surface area is 188 Å². The molecule has 0 fully saturated rings. The molecule has 0 bridgehead atoms. The molecule has 0 radical (unpaired) electrons. The Morgan fingerprint density at radius 1 is 0.710 bits per heavy atom. The van der Waals surface area contributed by atoms with Gasteiger partial charge in [0, 0.05) is 31.5 Å². The van der Waals surface area contributed by atoms with Crippen molar-refractivity contribution in [2.24, 2.45) is 0 Å². The van der Waals surface area contributed by atoms with Gasteiger partial charge < -0.3 is 4.74 Å². The maximum atomic E-state index is 5.75. The normalized spacial score (nSPS) is 13.4. The molecule has 0 atom stereocenters. The molecule has 3 heteroatoms. The van der Waals surface area contributed by atoms with Crippen molar-refractivity contribution >= 4 is 64.4 Å². The van der Waals surface area contributed by atoms with Gasteiger partial charge in [-0.1, -0.05) is 36.4 Å². The van der Waals surface area contributed by atoms with E-state index < -0.39 is 0 Å². The summed E-state index contributed by atoms with van der Waals surface area (Å²) in [6.07, 6.45) is 3.18. The van der Waals surface area contributed by atoms with Crippen LogP contribution in [0.2, 0.25) is 0 Å². The Bertz CT molecular complexity index is 1620. The summed E-state index contributed by atoms with van der Waals surface area (Å²) < 4.78 is 8.56. The molecule has 0 aliphatic carbocycles. The van der Waals surface area contributed by atoms with E-state index in [2.05, 4.69) is 72.1 Å². The number of hydrogen-bond acceptors (Lipinski definition) is 3. The smallest absolute Gasteiger partial charge is 0.122 e. The van der Waals surface area contributed by atoms with Gasteiger partial charge in [0.05, 0.1) is 6.61 Å². The number of hydrogen-bond donors (Lipinski definition) is 0. The summed E-state index contributed by atoms with van der Waals surface area (Å²) >= 11 is 3.80. The minimum atomic E-state index is 0.828. The first-order chi connectivity index (χ1) is 15.3. The maximum absolute atomic E-state index is 5.75. The minimum absolute atomic E-state index is 0.828. The lowest BCUT2D eigenvalue weighted by Gasteiger charge is -2.05. The summed E-state index contributed by atoms with van der Waals surface area (Å²) in [5, 5.41) is 10.3. The van der Waals surface area contributed by atoms with Crippen LogP contribution in [0.4, 0.5) is 0 Å². The summed E-state index contributed by atoms with van der Waals surface area (Å²) in [6.45, 7) is 0.828. The maximum Gasteiger partial charge on any atom is 0.122 e. The van der Waals surface area contributed by atoms with E-state index >= 15 is 0 Å². The summed E-state index contributed by atoms with van der Waals surface area (Å²) in [5.41, 5.74) is 2.72. The highest BCUT2D eigenvalue weighted by Gasteiger charge is 2.13. The molecule has 150 valence electrons. The van der Waals surface area contributed by atoms with Crippen LogP contribution in [-0.2, 0) is 19.3 Å². The Balaban J connectivity index is 1.28. The highest BCUT2D eigenvalue weighted by Crippen LogP contribution is 2.38. The molecule has 0 saturated heterocycles. The first-order valence-electron chi connectivity index (χ1n) is 10.8. The van der Waals surface area contributed by atoms with Crippen molar-refractivity contribution < 1.29 is 4.74 Å². The van der Waals surface area contributed by atoms with Gasteiger partial charge >= 0.3 is 0 Å². The van der Waals surface area contributed by atoms with E-state index in [0.717, 1.165) is 31.6 Å². The number of ether oxygens (including phenoxy) is 1. The largest absolute Gasteiger partial charge is 0.493 e. The van der Waals surface area contributed by atoms with Crippen molar-refractivity contribution in [1.82, 2.24) is 0 Å². The van der Waals surface area contributed by atoms with E-state index in [4.69, 9.17) is 4.74 Å². The molecule has 4 aromatic carbocycles. The van der Waals surface area contributed by atoms with Gasteiger partial charge in [0.15, 0.2) is 0 Å². The van der Waals surface area contributed by atoms with E-state index in [9.17, 15) is 0 Å². The molecular formula is C28H20OS2. The second-order valence-electron chi connectivity index (χ2n) is 8.44. The number of thiophene rings is 2. The second-order valence-corrected chi connectivity index (χ2v) is 10.5. The molecule has 0 amide bonds. The Morgan fingerprint density at radius 3 is 2.42 bits per heavy atom. The molecule has 2 aromatic heterocycles. The third kappa shape index (κ3) is 2.88. The SMILES string of the molecule is c1cc2ccc3cc4c(ccc5cc(CCc6ccc7c(c6)OCC7)sc54)cc3c2s1. The van der Waals surface area contributed by atoms with Gasteiger partial charge in [0.1, 0.15) is 5.75 Å². The third-order valence-corrected chi connectivity index (χ3v) is 8.73. The Kier molecular flexibility index (Phi) is 3.90. The Hall–Kier alpha value is -2.88. The summed E-state index contributed by atoms with van der Waals surface area (Å²) in [4.78, 5) is 1.46. The lowest BCUT2D eigenvalue weighted by molar-refractivity contribution is 0.356. The molecule has 31 heavy (non-hydrogen) atoms. The zero-order valence-electron chi connectivity index (χ0n) is 17.0. The first-order valence-corrected chi connectivity index (χ1v) is 12.5. The van der Waals surface area contributed by atoms with Gasteiger partial charge in [-0.3, -0.25) is 0 Å². The molecule has 1 aliphatic rings. The first kappa shape index (κ1) is 17.8. The van der Waals surface area contributed by atoms with Crippen LogP contribution in [0.15, 0.2) is 72.1 Å². The third-order valence-electron chi connectivity index (χ3n) is 6.52. The Morgan fingerprint density at radius 2 is 1.52 bits per heavy atom. The lowest BCUT2D eigenvalue weighted by Crippen LogP contribution is -1.90. The van der Waals surface area contributed by atoms with Crippen LogP contribution in [-0.4, -0.2) is 6.61 Å². The second kappa shape index (κ2) is 6.81. The van der Waals surface area contributed by atoms with Gasteiger partial charge in [-0.05, 0) is 81.2 Å². The molecule has 6 aromatic rings. The topological polar surface area (TPSA) is 9.23 Å². The molecule has 0 unspecified atom stereocenters. The fourth-order valence-electron chi connectivity index (χ4n) is 4.88. The highest BCUT2D eigenvalue weighted by molar-refractivity contribution is 7.20. The van der Waals surface area contributed by atoms with Crippen LogP contribution < -0.4 is 4.74 Å². The van der Waals surface area contributed by atoms with Crippen molar-refractivity contribution in [2.45, 2.75) is 19.3 Å². The number of fused-ring (bicyclic) bond motifs is 7. The van der Waals surface area contributed by atoms with Gasteiger partial charge in [0.2, 0.25) is 0 Å². The zero-order valence-corrected chi connectivity index (χ0v) is 18.6. The van der Waals surface area contributed by atoms with Crippen molar-refractivity contribution in [3.05, 3.63) is 88.1 Å². The summed E-state index contributed by atoms with van der Waals surface area (Å²) in [7, 11) is 0. The van der Waals surface area contributed by atoms with E-state index in [1.807, 2.05) is 22.7 Å². The van der Waals surface area contributed by atoms with Gasteiger partial charge in [0.25, 0.3) is 0 Å². The predicted molar refractivity (Wildman–Crippen MR) is 135 cm³/mol. The van der Waals surface area contributed by atoms with Crippen LogP contribution in [0.3, 0.4) is 0 Å². The predicted octanol–water partition coefficient (Wildman–Crippen LogP) is 8.14. The zero-order chi connectivity index (χ0) is 20.4. The molecule has 0 N–H and O–H groups in total. The van der Waals surface area contributed by atoms with Gasteiger partial charge in [-0.15, -0.1) is 22.7 Å². The van der Waals surface area contributed by atoms with Crippen LogP contribution in [0.5, 0.6) is 5.75 Å². The molecule has 3 heterocycles. The quantitative estimate of drug-likeness (QED) is 0.254. The van der Waals surface area contributed by atoms with Crippen LogP contribution >= 0.6 is 22.7 Å². The van der Waals surface area contributed by atoms with E-state index in [1.165, 1.54) is 57.7 Å². The lowest BCUT2D eigenvalue weighted by atomic mass is 10.0. The van der Waals surface area contributed by atoms with Crippen LogP contribution in [0.25, 0.3) is 41.7 Å². The molecule has 0 saturated carbocycles. The fraction of sp³-hybridized carbons (Fsp3) is 0.143. The highest BCUT2D eigenvalue weighted by atomic mass is 32.1. The monoisotopic (exact) mass is 436 g/mol. The minimum Gasteiger partial charge on any atom is -0.493 e. The van der Waals surface area contributed by atoms with Gasteiger partial charge in [-0.25, -0.2) is 0 Å². The van der Waals surface area contributed by atoms with E-state index in [-0.39, 0.29) is 0 Å². The summed E-state index contributed by atoms with van der Waals surface area (Å²) in [6, 6.07) is 25.2. The molecular weight excluding hydrogens is 416 g/mol. The van der Waals surface area contributed by atoms with Crippen molar-refractivity contribution in [3.8, 4) is 5.75 Å². The van der Waals surface area contributed by atoms with E-state index in [0.29, 0.717) is 0 Å². The van der Waals surface area contributed by atoms with E-state index in [1.54, 1.807) is 0 Å². The molecule has 1 nitrogen and oxygen atoms in total. The average molecular weight is 437 g/mol. The van der Waals surface area contributed by atoms with Gasteiger partial charge in [-0.2, -0.15) is 0 Å². The van der Waals surface area contributed by atoms with Crippen LogP contribution in [0.1, 0.15) is 16.0 Å². The standard InChI is InChI=1S/C28H20OS2/c1-3-18-9-11-29-26(18)13-17(1)2-8-23-14-22-7-6-21-15-24-20(16-25(21)28(22)31-23)5-4-19-10-12-30-27(19)24/h1,3-7,10,12-16H,2,8-9,11H2. The molecule has 1 aliphatic heterocycles.